The predicted molar refractivity (Wildman–Crippen MR) is 68.4 cm³/mol. The summed E-state index contributed by atoms with van der Waals surface area (Å²) in [4.78, 5) is 27.4. The van der Waals surface area contributed by atoms with E-state index in [-0.39, 0.29) is 5.92 Å². The second-order valence-corrected chi connectivity index (χ2v) is 4.83. The Hall–Kier alpha value is -2.18. The standard InChI is InChI=1S/C12H16N4O3/c1-6(2)10-13-8(4)7(3)11-14-15(5-9(17)18)12(19)16(10)11/h6H,5H2,1-4H3,(H,17,18). The summed E-state index contributed by atoms with van der Waals surface area (Å²) in [7, 11) is 0. The van der Waals surface area contributed by atoms with E-state index in [1.54, 1.807) is 0 Å². The Morgan fingerprint density at radius 2 is 2.00 bits per heavy atom. The van der Waals surface area contributed by atoms with Gasteiger partial charge in [-0.15, -0.1) is 5.10 Å². The molecule has 2 rings (SSSR count). The zero-order valence-electron chi connectivity index (χ0n) is 11.3. The third-order valence-corrected chi connectivity index (χ3v) is 3.03. The second-order valence-electron chi connectivity index (χ2n) is 4.83. The second kappa shape index (κ2) is 4.49. The van der Waals surface area contributed by atoms with Crippen LogP contribution in [0.1, 0.15) is 36.8 Å². The lowest BCUT2D eigenvalue weighted by Crippen LogP contribution is -2.26. The number of carboxylic acid groups (broad SMARTS) is 1. The number of aromatic nitrogens is 4. The molecule has 19 heavy (non-hydrogen) atoms. The van der Waals surface area contributed by atoms with Crippen molar-refractivity contribution < 1.29 is 9.90 Å². The minimum Gasteiger partial charge on any atom is -0.480 e. The van der Waals surface area contributed by atoms with Gasteiger partial charge in [0.1, 0.15) is 12.4 Å². The van der Waals surface area contributed by atoms with Crippen LogP contribution in [0.5, 0.6) is 0 Å². The van der Waals surface area contributed by atoms with Gasteiger partial charge in [0.2, 0.25) is 0 Å². The Balaban J connectivity index is 2.85. The lowest BCUT2D eigenvalue weighted by atomic mass is 10.2. The van der Waals surface area contributed by atoms with Gasteiger partial charge in [-0.25, -0.2) is 18.9 Å². The highest BCUT2D eigenvalue weighted by Crippen LogP contribution is 2.17. The van der Waals surface area contributed by atoms with Crippen molar-refractivity contribution in [2.75, 3.05) is 0 Å². The van der Waals surface area contributed by atoms with E-state index < -0.39 is 18.2 Å². The smallest absolute Gasteiger partial charge is 0.352 e. The van der Waals surface area contributed by atoms with Gasteiger partial charge >= 0.3 is 11.7 Å². The monoisotopic (exact) mass is 264 g/mol. The average Bonchev–Trinajstić information content (AvgIpc) is 2.61. The summed E-state index contributed by atoms with van der Waals surface area (Å²) in [5.74, 6) is -0.458. The number of rotatable bonds is 3. The first kappa shape index (κ1) is 13.3. The van der Waals surface area contributed by atoms with Gasteiger partial charge in [-0.05, 0) is 13.8 Å². The Kier molecular flexibility index (Phi) is 3.13. The fourth-order valence-corrected chi connectivity index (χ4v) is 1.94. The lowest BCUT2D eigenvalue weighted by Gasteiger charge is -2.09. The molecule has 0 radical (unpaired) electrons. The maximum atomic E-state index is 12.2. The first-order valence-corrected chi connectivity index (χ1v) is 6.01. The molecule has 2 aromatic heterocycles. The molecule has 0 spiro atoms. The van der Waals surface area contributed by atoms with E-state index in [1.165, 1.54) is 4.40 Å². The summed E-state index contributed by atoms with van der Waals surface area (Å²) in [5.41, 5.74) is 1.59. The van der Waals surface area contributed by atoms with E-state index in [1.807, 2.05) is 27.7 Å². The van der Waals surface area contributed by atoms with Gasteiger partial charge in [-0.2, -0.15) is 0 Å². The summed E-state index contributed by atoms with van der Waals surface area (Å²) in [6.07, 6.45) is 0. The molecule has 0 aliphatic heterocycles. The Labute approximate surface area is 109 Å². The van der Waals surface area contributed by atoms with Gasteiger partial charge in [0.15, 0.2) is 5.65 Å². The molecule has 0 atom stereocenters. The van der Waals surface area contributed by atoms with Crippen molar-refractivity contribution in [1.29, 1.82) is 0 Å². The Bertz CT molecular complexity index is 712. The van der Waals surface area contributed by atoms with Crippen LogP contribution in [-0.4, -0.2) is 30.2 Å². The number of carboxylic acids is 1. The highest BCUT2D eigenvalue weighted by atomic mass is 16.4. The lowest BCUT2D eigenvalue weighted by molar-refractivity contribution is -0.137. The fourth-order valence-electron chi connectivity index (χ4n) is 1.94. The van der Waals surface area contributed by atoms with Crippen molar-refractivity contribution in [3.05, 3.63) is 27.6 Å². The normalized spacial score (nSPS) is 11.4. The van der Waals surface area contributed by atoms with E-state index in [9.17, 15) is 9.59 Å². The van der Waals surface area contributed by atoms with Crippen molar-refractivity contribution in [1.82, 2.24) is 19.2 Å². The molecule has 7 heteroatoms. The largest absolute Gasteiger partial charge is 0.480 e. The minimum absolute atomic E-state index is 0.0435. The number of hydrogen-bond acceptors (Lipinski definition) is 4. The van der Waals surface area contributed by atoms with Crippen LogP contribution in [0.25, 0.3) is 5.65 Å². The van der Waals surface area contributed by atoms with Crippen LogP contribution in [0.4, 0.5) is 0 Å². The van der Waals surface area contributed by atoms with Crippen LogP contribution in [0.15, 0.2) is 4.79 Å². The highest BCUT2D eigenvalue weighted by Gasteiger charge is 2.18. The minimum atomic E-state index is -1.10. The fraction of sp³-hybridized carbons (Fsp3) is 0.500. The van der Waals surface area contributed by atoms with E-state index in [2.05, 4.69) is 10.1 Å². The van der Waals surface area contributed by atoms with Crippen LogP contribution in [-0.2, 0) is 11.3 Å². The first-order valence-electron chi connectivity index (χ1n) is 6.01. The van der Waals surface area contributed by atoms with E-state index in [0.29, 0.717) is 11.5 Å². The van der Waals surface area contributed by atoms with Crippen LogP contribution in [0.2, 0.25) is 0 Å². The number of carbonyl (C=O) groups is 1. The quantitative estimate of drug-likeness (QED) is 0.882. The zero-order valence-corrected chi connectivity index (χ0v) is 11.3. The molecule has 0 saturated heterocycles. The number of nitrogens with zero attached hydrogens (tertiary/aromatic N) is 4. The number of aryl methyl sites for hydroxylation is 2. The molecular weight excluding hydrogens is 248 g/mol. The third kappa shape index (κ3) is 2.11. The molecule has 7 nitrogen and oxygen atoms in total. The van der Waals surface area contributed by atoms with Crippen molar-refractivity contribution in [2.24, 2.45) is 0 Å². The molecule has 2 aromatic rings. The van der Waals surface area contributed by atoms with Crippen LogP contribution in [0.3, 0.4) is 0 Å². The maximum absolute atomic E-state index is 12.2. The predicted octanol–water partition coefficient (Wildman–Crippen LogP) is 0.716. The third-order valence-electron chi connectivity index (χ3n) is 3.03. The number of fused-ring (bicyclic) bond motifs is 1. The van der Waals surface area contributed by atoms with Crippen molar-refractivity contribution in [3.8, 4) is 0 Å². The SMILES string of the molecule is Cc1nc(C(C)C)n2c(=O)n(CC(=O)O)nc2c1C. The van der Waals surface area contributed by atoms with Gasteiger partial charge in [0, 0.05) is 17.2 Å². The van der Waals surface area contributed by atoms with Gasteiger partial charge in [0.25, 0.3) is 0 Å². The first-order chi connectivity index (χ1) is 8.82. The Morgan fingerprint density at radius 3 is 2.53 bits per heavy atom. The molecule has 2 heterocycles. The molecule has 0 saturated carbocycles. The zero-order chi connectivity index (χ0) is 14.3. The van der Waals surface area contributed by atoms with Crippen LogP contribution >= 0.6 is 0 Å². The molecule has 102 valence electrons. The van der Waals surface area contributed by atoms with Crippen LogP contribution in [0, 0.1) is 13.8 Å². The molecule has 0 fully saturated rings. The highest BCUT2D eigenvalue weighted by molar-refractivity contribution is 5.66. The molecule has 0 aliphatic carbocycles. The summed E-state index contributed by atoms with van der Waals surface area (Å²) >= 11 is 0. The van der Waals surface area contributed by atoms with Crippen molar-refractivity contribution >= 4 is 11.6 Å². The molecule has 0 unspecified atom stereocenters. The van der Waals surface area contributed by atoms with Gasteiger partial charge < -0.3 is 5.11 Å². The van der Waals surface area contributed by atoms with Crippen LogP contribution < -0.4 is 5.69 Å². The van der Waals surface area contributed by atoms with Gasteiger partial charge in [0.05, 0.1) is 0 Å². The molecule has 0 bridgehead atoms. The molecule has 0 aliphatic rings. The molecule has 0 aromatic carbocycles. The van der Waals surface area contributed by atoms with Crippen molar-refractivity contribution in [2.45, 2.75) is 40.2 Å². The maximum Gasteiger partial charge on any atom is 0.352 e. The average molecular weight is 264 g/mol. The van der Waals surface area contributed by atoms with E-state index in [4.69, 9.17) is 5.11 Å². The summed E-state index contributed by atoms with van der Waals surface area (Å²) in [6, 6.07) is 0. The molecule has 0 amide bonds. The topological polar surface area (TPSA) is 89.5 Å². The number of hydrogen-bond donors (Lipinski definition) is 1. The summed E-state index contributed by atoms with van der Waals surface area (Å²) < 4.78 is 2.35. The Morgan fingerprint density at radius 1 is 1.37 bits per heavy atom. The van der Waals surface area contributed by atoms with Gasteiger partial charge in [-0.1, -0.05) is 13.8 Å². The summed E-state index contributed by atoms with van der Waals surface area (Å²) in [6.45, 7) is 7.08. The van der Waals surface area contributed by atoms with Gasteiger partial charge in [-0.3, -0.25) is 4.79 Å². The van der Waals surface area contributed by atoms with E-state index in [0.717, 1.165) is 15.9 Å². The number of aliphatic carboxylic acids is 1. The molecule has 1 N–H and O–H groups in total. The van der Waals surface area contributed by atoms with Crippen molar-refractivity contribution in [3.63, 3.8) is 0 Å². The molecular formula is C12H16N4O3. The summed E-state index contributed by atoms with van der Waals surface area (Å²) in [5, 5.41) is 12.9. The van der Waals surface area contributed by atoms with E-state index >= 15 is 0 Å².